The van der Waals surface area contributed by atoms with E-state index in [0.717, 1.165) is 6.26 Å². The van der Waals surface area contributed by atoms with Crippen LogP contribution in [0.4, 0.5) is 10.5 Å². The monoisotopic (exact) mass is 244 g/mol. The third-order valence-corrected chi connectivity index (χ3v) is 2.96. The number of nitrogens with zero attached hydrogens (tertiary/aromatic N) is 1. The molecule has 88 valence electrons. The lowest BCUT2D eigenvalue weighted by Crippen LogP contribution is -2.27. The maximum absolute atomic E-state index is 11.1. The Hall–Kier alpha value is -1.60. The number of hydroxylamine groups is 2. The summed E-state index contributed by atoms with van der Waals surface area (Å²) < 4.78 is 22.3. The summed E-state index contributed by atoms with van der Waals surface area (Å²) in [5.74, 6) is 0. The average molecular weight is 244 g/mol. The Kier molecular flexibility index (Phi) is 3.51. The lowest BCUT2D eigenvalue weighted by Gasteiger charge is -2.10. The molecular formula is C9H12N2O4S. The highest BCUT2D eigenvalue weighted by Crippen LogP contribution is 2.13. The Balaban J connectivity index is 2.84. The lowest BCUT2D eigenvalue weighted by atomic mass is 10.3. The number of nitrogens with one attached hydrogen (secondary N) is 1. The molecule has 1 rings (SSSR count). The van der Waals surface area contributed by atoms with Crippen molar-refractivity contribution in [1.29, 1.82) is 0 Å². The molecule has 0 aromatic heterocycles. The van der Waals surface area contributed by atoms with Crippen molar-refractivity contribution < 1.29 is 18.4 Å². The molecule has 0 radical (unpaired) electrons. The van der Waals surface area contributed by atoms with Gasteiger partial charge in [0.2, 0.25) is 0 Å². The molecule has 1 aromatic carbocycles. The first-order chi connectivity index (χ1) is 7.30. The molecule has 0 spiro atoms. The normalized spacial score (nSPS) is 10.9. The maximum atomic E-state index is 11.1. The fraction of sp³-hybridized carbons (Fsp3) is 0.222. The van der Waals surface area contributed by atoms with Crippen LogP contribution in [-0.2, 0) is 9.84 Å². The Labute approximate surface area is 93.4 Å². The third kappa shape index (κ3) is 3.21. The molecule has 0 saturated carbocycles. The molecule has 6 nitrogen and oxygen atoms in total. The summed E-state index contributed by atoms with van der Waals surface area (Å²) >= 11 is 0. The van der Waals surface area contributed by atoms with E-state index in [1.54, 1.807) is 0 Å². The lowest BCUT2D eigenvalue weighted by molar-refractivity contribution is -0.0118. The van der Waals surface area contributed by atoms with Crippen molar-refractivity contribution in [2.45, 2.75) is 4.90 Å². The minimum absolute atomic E-state index is 0.169. The van der Waals surface area contributed by atoms with E-state index in [-0.39, 0.29) is 4.90 Å². The van der Waals surface area contributed by atoms with Crippen LogP contribution in [0.25, 0.3) is 0 Å². The summed E-state index contributed by atoms with van der Waals surface area (Å²) in [6.45, 7) is 0. The van der Waals surface area contributed by atoms with Crippen LogP contribution < -0.4 is 5.32 Å². The minimum Gasteiger partial charge on any atom is -0.306 e. The van der Waals surface area contributed by atoms with Gasteiger partial charge in [-0.1, -0.05) is 0 Å². The van der Waals surface area contributed by atoms with Gasteiger partial charge in [-0.15, -0.1) is 0 Å². The van der Waals surface area contributed by atoms with Gasteiger partial charge in [0.25, 0.3) is 0 Å². The van der Waals surface area contributed by atoms with Crippen molar-refractivity contribution in [3.63, 3.8) is 0 Å². The molecule has 16 heavy (non-hydrogen) atoms. The second-order valence-corrected chi connectivity index (χ2v) is 5.27. The van der Waals surface area contributed by atoms with Crippen LogP contribution in [0.5, 0.6) is 0 Å². The van der Waals surface area contributed by atoms with Gasteiger partial charge in [-0.05, 0) is 24.3 Å². The summed E-state index contributed by atoms with van der Waals surface area (Å²) in [6, 6.07) is 4.94. The number of hydrogen-bond donors (Lipinski definition) is 2. The van der Waals surface area contributed by atoms with Crippen molar-refractivity contribution in [2.75, 3.05) is 18.6 Å². The van der Waals surface area contributed by atoms with Crippen molar-refractivity contribution in [3.8, 4) is 0 Å². The van der Waals surface area contributed by atoms with Gasteiger partial charge in [-0.25, -0.2) is 18.3 Å². The van der Waals surface area contributed by atoms with E-state index < -0.39 is 15.9 Å². The minimum atomic E-state index is -3.24. The van der Waals surface area contributed by atoms with Crippen LogP contribution in [-0.4, -0.2) is 38.0 Å². The Morgan fingerprint density at radius 3 is 2.19 bits per heavy atom. The predicted octanol–water partition coefficient (Wildman–Crippen LogP) is 0.943. The highest BCUT2D eigenvalue weighted by atomic mass is 32.2. The molecule has 1 aromatic rings. The summed E-state index contributed by atoms with van der Waals surface area (Å²) in [6.07, 6.45) is 1.10. The first-order valence-corrected chi connectivity index (χ1v) is 6.23. The summed E-state index contributed by atoms with van der Waals surface area (Å²) in [7, 11) is -2.06. The second kappa shape index (κ2) is 4.50. The molecule has 2 N–H and O–H groups in total. The van der Waals surface area contributed by atoms with Crippen LogP contribution in [0.2, 0.25) is 0 Å². The Morgan fingerprint density at radius 1 is 1.31 bits per heavy atom. The van der Waals surface area contributed by atoms with E-state index in [2.05, 4.69) is 5.32 Å². The summed E-state index contributed by atoms with van der Waals surface area (Å²) in [5, 5.41) is 11.5. The average Bonchev–Trinajstić information content (AvgIpc) is 2.17. The molecule has 0 heterocycles. The van der Waals surface area contributed by atoms with E-state index in [1.807, 2.05) is 0 Å². The molecule has 7 heteroatoms. The molecule has 0 aliphatic carbocycles. The van der Waals surface area contributed by atoms with Gasteiger partial charge >= 0.3 is 6.03 Å². The van der Waals surface area contributed by atoms with Crippen molar-refractivity contribution in [1.82, 2.24) is 5.06 Å². The van der Waals surface area contributed by atoms with Crippen LogP contribution in [0.3, 0.4) is 0 Å². The van der Waals surface area contributed by atoms with E-state index in [4.69, 9.17) is 5.21 Å². The van der Waals surface area contributed by atoms with Gasteiger partial charge in [0.05, 0.1) is 4.90 Å². The van der Waals surface area contributed by atoms with Gasteiger partial charge in [0.1, 0.15) is 0 Å². The molecule has 0 aliphatic heterocycles. The van der Waals surface area contributed by atoms with Gasteiger partial charge in [0, 0.05) is 19.0 Å². The standard InChI is InChI=1S/C9H12N2O4S/c1-11(13)9(12)10-7-3-5-8(6-4-7)16(2,14)15/h3-6,13H,1-2H3,(H,10,12). The number of hydrogen-bond acceptors (Lipinski definition) is 4. The molecule has 0 atom stereocenters. The Morgan fingerprint density at radius 2 is 1.81 bits per heavy atom. The fourth-order valence-corrected chi connectivity index (χ4v) is 1.62. The van der Waals surface area contributed by atoms with Crippen LogP contribution in [0.1, 0.15) is 0 Å². The highest BCUT2D eigenvalue weighted by Gasteiger charge is 2.08. The van der Waals surface area contributed by atoms with Gasteiger partial charge < -0.3 is 5.32 Å². The zero-order valence-electron chi connectivity index (χ0n) is 8.84. The number of benzene rings is 1. The number of carbonyl (C=O) groups excluding carboxylic acids is 1. The van der Waals surface area contributed by atoms with E-state index >= 15 is 0 Å². The third-order valence-electron chi connectivity index (χ3n) is 1.83. The smallest absolute Gasteiger partial charge is 0.306 e. The Bertz CT molecular complexity index is 479. The summed E-state index contributed by atoms with van der Waals surface area (Å²) in [5.41, 5.74) is 0.401. The van der Waals surface area contributed by atoms with Gasteiger partial charge in [-0.2, -0.15) is 0 Å². The highest BCUT2D eigenvalue weighted by molar-refractivity contribution is 7.90. The molecule has 2 amide bonds. The number of amides is 2. The molecule has 0 aliphatic rings. The number of urea groups is 1. The molecular weight excluding hydrogens is 232 g/mol. The number of anilines is 1. The first-order valence-electron chi connectivity index (χ1n) is 4.34. The molecule has 0 unspecified atom stereocenters. The second-order valence-electron chi connectivity index (χ2n) is 3.25. The molecule has 0 bridgehead atoms. The van der Waals surface area contributed by atoms with Gasteiger partial charge in [0.15, 0.2) is 9.84 Å². The van der Waals surface area contributed by atoms with Crippen LogP contribution in [0, 0.1) is 0 Å². The van der Waals surface area contributed by atoms with Crippen LogP contribution in [0.15, 0.2) is 29.2 Å². The van der Waals surface area contributed by atoms with Gasteiger partial charge in [-0.3, -0.25) is 5.21 Å². The number of rotatable bonds is 2. The van der Waals surface area contributed by atoms with E-state index in [0.29, 0.717) is 10.8 Å². The number of sulfone groups is 1. The van der Waals surface area contributed by atoms with E-state index in [1.165, 1.54) is 31.3 Å². The fourth-order valence-electron chi connectivity index (χ4n) is 0.990. The van der Waals surface area contributed by atoms with Crippen molar-refractivity contribution in [3.05, 3.63) is 24.3 Å². The number of carbonyl (C=O) groups is 1. The summed E-state index contributed by atoms with van der Waals surface area (Å²) in [4.78, 5) is 11.2. The zero-order valence-corrected chi connectivity index (χ0v) is 9.65. The van der Waals surface area contributed by atoms with Crippen molar-refractivity contribution >= 4 is 21.6 Å². The first kappa shape index (κ1) is 12.5. The van der Waals surface area contributed by atoms with E-state index in [9.17, 15) is 13.2 Å². The quantitative estimate of drug-likeness (QED) is 0.599. The SMILES string of the molecule is CN(O)C(=O)Nc1ccc(S(C)(=O)=O)cc1. The zero-order chi connectivity index (χ0) is 12.3. The van der Waals surface area contributed by atoms with Crippen LogP contribution >= 0.6 is 0 Å². The predicted molar refractivity (Wildman–Crippen MR) is 58.1 cm³/mol. The largest absolute Gasteiger partial charge is 0.345 e. The van der Waals surface area contributed by atoms with Crippen molar-refractivity contribution in [2.24, 2.45) is 0 Å². The topological polar surface area (TPSA) is 86.7 Å². The molecule has 0 saturated heterocycles. The molecule has 0 fully saturated rings. The maximum Gasteiger partial charge on any atom is 0.345 e.